The van der Waals surface area contributed by atoms with Gasteiger partial charge in [0.2, 0.25) is 0 Å². The van der Waals surface area contributed by atoms with E-state index in [2.05, 4.69) is 10.3 Å². The molecule has 1 fully saturated rings. The van der Waals surface area contributed by atoms with Gasteiger partial charge in [0.1, 0.15) is 5.69 Å². The highest BCUT2D eigenvalue weighted by Gasteiger charge is 2.35. The molecule has 98 valence electrons. The van der Waals surface area contributed by atoms with Crippen LogP contribution < -0.4 is 0 Å². The van der Waals surface area contributed by atoms with Crippen LogP contribution in [-0.2, 0) is 0 Å². The number of carboxylic acids is 1. The molecular formula is C12H9F2N3O2. The van der Waals surface area contributed by atoms with Crippen LogP contribution in [0.3, 0.4) is 0 Å². The van der Waals surface area contributed by atoms with Crippen molar-refractivity contribution in [3.8, 4) is 5.69 Å². The first-order chi connectivity index (χ1) is 9.09. The molecule has 5 nitrogen and oxygen atoms in total. The molecule has 0 atom stereocenters. The summed E-state index contributed by atoms with van der Waals surface area (Å²) in [6.45, 7) is 0. The summed E-state index contributed by atoms with van der Waals surface area (Å²) in [5, 5.41) is 16.1. The Bertz CT molecular complexity index is 645. The fraction of sp³-hybridized carbons (Fsp3) is 0.250. The minimum Gasteiger partial charge on any atom is -0.476 e. The Kier molecular flexibility index (Phi) is 2.55. The number of carbonyl (C=O) groups is 1. The summed E-state index contributed by atoms with van der Waals surface area (Å²) in [5.74, 6) is -2.91. The van der Waals surface area contributed by atoms with E-state index in [0.29, 0.717) is 0 Å². The second-order valence-corrected chi connectivity index (χ2v) is 4.38. The number of carboxylic acid groups (broad SMARTS) is 1. The number of nitrogens with zero attached hydrogens (tertiary/aromatic N) is 3. The van der Waals surface area contributed by atoms with Crippen molar-refractivity contribution in [2.75, 3.05) is 0 Å². The SMILES string of the molecule is O=C(O)c1nnn(-c2c(F)cccc2F)c1C1CC1. The van der Waals surface area contributed by atoms with E-state index >= 15 is 0 Å². The van der Waals surface area contributed by atoms with Gasteiger partial charge in [-0.25, -0.2) is 18.3 Å². The minimum absolute atomic E-state index is 0.0555. The highest BCUT2D eigenvalue weighted by Crippen LogP contribution is 2.42. The molecule has 3 rings (SSSR count). The fourth-order valence-electron chi connectivity index (χ4n) is 2.02. The van der Waals surface area contributed by atoms with Crippen LogP contribution in [0.1, 0.15) is 34.9 Å². The maximum Gasteiger partial charge on any atom is 0.358 e. The normalized spacial score (nSPS) is 14.6. The number of hydrogen-bond acceptors (Lipinski definition) is 3. The lowest BCUT2D eigenvalue weighted by Gasteiger charge is -2.07. The van der Waals surface area contributed by atoms with Crippen molar-refractivity contribution in [2.24, 2.45) is 0 Å². The van der Waals surface area contributed by atoms with E-state index in [1.54, 1.807) is 0 Å². The predicted octanol–water partition coefficient (Wildman–Crippen LogP) is 2.12. The van der Waals surface area contributed by atoms with Crippen molar-refractivity contribution in [1.82, 2.24) is 15.0 Å². The zero-order chi connectivity index (χ0) is 13.6. The lowest BCUT2D eigenvalue weighted by molar-refractivity contribution is 0.0689. The van der Waals surface area contributed by atoms with Gasteiger partial charge in [-0.2, -0.15) is 0 Å². The average Bonchev–Trinajstić information content (AvgIpc) is 3.09. The Labute approximate surface area is 106 Å². The van der Waals surface area contributed by atoms with Gasteiger partial charge >= 0.3 is 5.97 Å². The van der Waals surface area contributed by atoms with Crippen LogP contribution in [0, 0.1) is 11.6 Å². The monoisotopic (exact) mass is 265 g/mol. The molecule has 1 heterocycles. The van der Waals surface area contributed by atoms with Gasteiger partial charge in [0, 0.05) is 5.92 Å². The Balaban J connectivity index is 2.23. The first kappa shape index (κ1) is 11.8. The van der Waals surface area contributed by atoms with Gasteiger partial charge in [0.25, 0.3) is 0 Å². The molecule has 1 saturated carbocycles. The van der Waals surface area contributed by atoms with E-state index in [1.165, 1.54) is 6.07 Å². The molecule has 0 radical (unpaired) electrons. The molecule has 0 bridgehead atoms. The van der Waals surface area contributed by atoms with Crippen molar-refractivity contribution in [3.63, 3.8) is 0 Å². The highest BCUT2D eigenvalue weighted by atomic mass is 19.1. The fourth-order valence-corrected chi connectivity index (χ4v) is 2.02. The number of aromatic carboxylic acids is 1. The molecule has 1 aromatic heterocycles. The smallest absolute Gasteiger partial charge is 0.358 e. The Morgan fingerprint density at radius 2 is 1.95 bits per heavy atom. The van der Waals surface area contributed by atoms with Crippen LogP contribution in [0.5, 0.6) is 0 Å². The molecule has 2 aromatic rings. The lowest BCUT2D eigenvalue weighted by Crippen LogP contribution is -2.09. The Morgan fingerprint density at radius 1 is 1.32 bits per heavy atom. The molecule has 1 N–H and O–H groups in total. The van der Waals surface area contributed by atoms with Crippen molar-refractivity contribution in [1.29, 1.82) is 0 Å². The van der Waals surface area contributed by atoms with Gasteiger partial charge < -0.3 is 5.11 Å². The number of para-hydroxylation sites is 1. The van der Waals surface area contributed by atoms with E-state index in [9.17, 15) is 13.6 Å². The first-order valence-corrected chi connectivity index (χ1v) is 5.73. The Hall–Kier alpha value is -2.31. The van der Waals surface area contributed by atoms with Crippen LogP contribution in [-0.4, -0.2) is 26.1 Å². The summed E-state index contributed by atoms with van der Waals surface area (Å²) in [7, 11) is 0. The highest BCUT2D eigenvalue weighted by molar-refractivity contribution is 5.87. The maximum absolute atomic E-state index is 13.7. The van der Waals surface area contributed by atoms with E-state index in [-0.39, 0.29) is 23.0 Å². The Morgan fingerprint density at radius 3 is 2.47 bits per heavy atom. The number of benzene rings is 1. The molecule has 0 unspecified atom stereocenters. The summed E-state index contributed by atoms with van der Waals surface area (Å²) in [4.78, 5) is 11.1. The van der Waals surface area contributed by atoms with Crippen LogP contribution >= 0.6 is 0 Å². The molecule has 1 aliphatic rings. The molecule has 19 heavy (non-hydrogen) atoms. The summed E-state index contributed by atoms with van der Waals surface area (Å²) < 4.78 is 28.4. The number of aromatic nitrogens is 3. The van der Waals surface area contributed by atoms with Gasteiger partial charge in [-0.1, -0.05) is 11.3 Å². The molecule has 7 heteroatoms. The van der Waals surface area contributed by atoms with E-state index < -0.39 is 17.6 Å². The van der Waals surface area contributed by atoms with E-state index in [1.807, 2.05) is 0 Å². The van der Waals surface area contributed by atoms with Crippen molar-refractivity contribution >= 4 is 5.97 Å². The maximum atomic E-state index is 13.7. The van der Waals surface area contributed by atoms with Gasteiger partial charge in [0.15, 0.2) is 17.3 Å². The molecule has 0 saturated heterocycles. The molecule has 0 spiro atoms. The lowest BCUT2D eigenvalue weighted by atomic mass is 10.2. The molecular weight excluding hydrogens is 256 g/mol. The van der Waals surface area contributed by atoms with E-state index in [4.69, 9.17) is 5.11 Å². The molecule has 1 aromatic carbocycles. The average molecular weight is 265 g/mol. The standard InChI is InChI=1S/C12H9F2N3O2/c13-7-2-1-3-8(14)11(7)17-10(6-4-5-6)9(12(18)19)15-16-17/h1-3,6H,4-5H2,(H,18,19). The minimum atomic E-state index is -1.25. The zero-order valence-electron chi connectivity index (χ0n) is 9.68. The summed E-state index contributed by atoms with van der Waals surface area (Å²) >= 11 is 0. The zero-order valence-corrected chi connectivity index (χ0v) is 9.68. The van der Waals surface area contributed by atoms with Crippen molar-refractivity contribution < 1.29 is 18.7 Å². The van der Waals surface area contributed by atoms with Crippen molar-refractivity contribution in [3.05, 3.63) is 41.2 Å². The topological polar surface area (TPSA) is 68.0 Å². The van der Waals surface area contributed by atoms with Crippen LogP contribution in [0.15, 0.2) is 18.2 Å². The van der Waals surface area contributed by atoms with Gasteiger partial charge in [0.05, 0.1) is 5.69 Å². The first-order valence-electron chi connectivity index (χ1n) is 5.73. The number of hydrogen-bond donors (Lipinski definition) is 1. The van der Waals surface area contributed by atoms with Gasteiger partial charge in [-0.3, -0.25) is 0 Å². The summed E-state index contributed by atoms with van der Waals surface area (Å²) in [6, 6.07) is 3.43. The van der Waals surface area contributed by atoms with Gasteiger partial charge in [-0.15, -0.1) is 5.10 Å². The van der Waals surface area contributed by atoms with Crippen molar-refractivity contribution in [2.45, 2.75) is 18.8 Å². The second-order valence-electron chi connectivity index (χ2n) is 4.38. The number of halogens is 2. The van der Waals surface area contributed by atoms with Crippen LogP contribution in [0.4, 0.5) is 8.78 Å². The third-order valence-electron chi connectivity index (χ3n) is 3.02. The molecule has 1 aliphatic carbocycles. The van der Waals surface area contributed by atoms with Gasteiger partial charge in [-0.05, 0) is 25.0 Å². The van der Waals surface area contributed by atoms with Crippen LogP contribution in [0.2, 0.25) is 0 Å². The van der Waals surface area contributed by atoms with Crippen LogP contribution in [0.25, 0.3) is 5.69 Å². The summed E-state index contributed by atoms with van der Waals surface area (Å²) in [5.41, 5.74) is -0.369. The molecule has 0 aliphatic heterocycles. The summed E-state index contributed by atoms with van der Waals surface area (Å²) in [6.07, 6.45) is 1.54. The predicted molar refractivity (Wildman–Crippen MR) is 60.2 cm³/mol. The van der Waals surface area contributed by atoms with E-state index in [0.717, 1.165) is 29.7 Å². The number of rotatable bonds is 3. The largest absolute Gasteiger partial charge is 0.476 e. The quantitative estimate of drug-likeness (QED) is 0.923. The third-order valence-corrected chi connectivity index (χ3v) is 3.02. The second kappa shape index (κ2) is 4.11. The third kappa shape index (κ3) is 1.87. The molecule has 0 amide bonds.